The molecule has 1 aromatic heterocycles. The minimum Gasteiger partial charge on any atom is -0.484 e. The zero-order valence-corrected chi connectivity index (χ0v) is 17.1. The van der Waals surface area contributed by atoms with E-state index < -0.39 is 0 Å². The highest BCUT2D eigenvalue weighted by atomic mass is 32.1. The quantitative estimate of drug-likeness (QED) is 0.716. The van der Waals surface area contributed by atoms with Gasteiger partial charge < -0.3 is 10.1 Å². The highest BCUT2D eigenvalue weighted by Gasteiger charge is 2.23. The molecule has 3 rings (SSSR count). The minimum atomic E-state index is -0.291. The van der Waals surface area contributed by atoms with Crippen LogP contribution in [0.2, 0.25) is 0 Å². The maximum Gasteiger partial charge on any atom is 0.262 e. The predicted molar refractivity (Wildman–Crippen MR) is 111 cm³/mol. The number of hydrogen-bond acceptors (Lipinski definition) is 5. The fraction of sp³-hybridized carbons (Fsp3) is 0.381. The maximum atomic E-state index is 12.3. The molecule has 1 aliphatic carbocycles. The van der Waals surface area contributed by atoms with Gasteiger partial charge in [-0.15, -0.1) is 11.3 Å². The van der Waals surface area contributed by atoms with Gasteiger partial charge in [0.05, 0.1) is 9.39 Å². The standard InChI is InChI=1S/C21H22N2O2S2/c1-3-14-5-7-15(8-6-14)25-12-19(24)23-20-18(11-22)16-9-4-13(2)10-17(16)21(26)27-20/h5-8,13H,3-4,9-10,12H2,1-2H3,(H,23,24). The second kappa shape index (κ2) is 8.64. The van der Waals surface area contributed by atoms with Gasteiger partial charge in [-0.2, -0.15) is 5.26 Å². The monoisotopic (exact) mass is 398 g/mol. The highest BCUT2D eigenvalue weighted by Crippen LogP contribution is 2.35. The number of anilines is 1. The summed E-state index contributed by atoms with van der Waals surface area (Å²) in [4.78, 5) is 12.3. The van der Waals surface area contributed by atoms with Crippen LogP contribution < -0.4 is 10.1 Å². The van der Waals surface area contributed by atoms with Crippen LogP contribution >= 0.6 is 23.6 Å². The van der Waals surface area contributed by atoms with Crippen molar-refractivity contribution in [3.8, 4) is 11.8 Å². The van der Waals surface area contributed by atoms with Crippen molar-refractivity contribution in [2.45, 2.75) is 39.5 Å². The number of hydrogen-bond donors (Lipinski definition) is 1. The van der Waals surface area contributed by atoms with Gasteiger partial charge in [-0.05, 0) is 60.4 Å². The number of nitrogens with one attached hydrogen (secondary N) is 1. The summed E-state index contributed by atoms with van der Waals surface area (Å²) >= 11 is 6.84. The number of benzene rings is 1. The molecule has 0 saturated heterocycles. The Labute approximate surface area is 168 Å². The summed E-state index contributed by atoms with van der Waals surface area (Å²) in [5.74, 6) is 0.932. The van der Waals surface area contributed by atoms with Crippen LogP contribution in [0.25, 0.3) is 0 Å². The summed E-state index contributed by atoms with van der Waals surface area (Å²) in [6.45, 7) is 4.18. The molecule has 2 aromatic rings. The Morgan fingerprint density at radius 3 is 2.78 bits per heavy atom. The number of rotatable bonds is 5. The molecule has 1 N–H and O–H groups in total. The lowest BCUT2D eigenvalue weighted by atomic mass is 9.85. The van der Waals surface area contributed by atoms with Crippen molar-refractivity contribution in [2.75, 3.05) is 11.9 Å². The van der Waals surface area contributed by atoms with Crippen LogP contribution in [0.15, 0.2) is 24.3 Å². The number of fused-ring (bicyclic) bond motifs is 1. The zero-order chi connectivity index (χ0) is 19.4. The SMILES string of the molecule is CCc1ccc(OCC(=O)Nc2sc(=S)c3c(c2C#N)CCC(C)C3)cc1. The molecule has 1 unspecified atom stereocenters. The van der Waals surface area contributed by atoms with Crippen LogP contribution in [-0.2, 0) is 24.1 Å². The van der Waals surface area contributed by atoms with Crippen LogP contribution in [0.3, 0.4) is 0 Å². The van der Waals surface area contributed by atoms with E-state index in [1.165, 1.54) is 16.9 Å². The van der Waals surface area contributed by atoms with Gasteiger partial charge in [0, 0.05) is 0 Å². The molecule has 1 aromatic carbocycles. The average Bonchev–Trinajstić information content (AvgIpc) is 2.67. The lowest BCUT2D eigenvalue weighted by molar-refractivity contribution is -0.118. The topological polar surface area (TPSA) is 62.1 Å². The number of aryl methyl sites for hydroxylation is 1. The molecule has 27 heavy (non-hydrogen) atoms. The van der Waals surface area contributed by atoms with E-state index in [0.717, 1.165) is 40.6 Å². The second-order valence-electron chi connectivity index (χ2n) is 6.84. The van der Waals surface area contributed by atoms with Crippen molar-refractivity contribution in [1.82, 2.24) is 0 Å². The highest BCUT2D eigenvalue weighted by molar-refractivity contribution is 7.73. The van der Waals surface area contributed by atoms with E-state index in [1.54, 1.807) is 0 Å². The van der Waals surface area contributed by atoms with E-state index in [9.17, 15) is 10.1 Å². The molecule has 1 aliphatic rings. The second-order valence-corrected chi connectivity index (χ2v) is 8.53. The maximum absolute atomic E-state index is 12.3. The molecule has 0 bridgehead atoms. The van der Waals surface area contributed by atoms with Crippen LogP contribution in [-0.4, -0.2) is 12.5 Å². The van der Waals surface area contributed by atoms with Gasteiger partial charge in [-0.1, -0.05) is 38.2 Å². The molecule has 4 nitrogen and oxygen atoms in total. The summed E-state index contributed by atoms with van der Waals surface area (Å²) in [6, 6.07) is 9.95. The first-order chi connectivity index (χ1) is 13.0. The minimum absolute atomic E-state index is 0.107. The van der Waals surface area contributed by atoms with E-state index in [4.69, 9.17) is 17.0 Å². The Morgan fingerprint density at radius 1 is 1.37 bits per heavy atom. The van der Waals surface area contributed by atoms with Gasteiger partial charge in [0.25, 0.3) is 5.91 Å². The third-order valence-corrected chi connectivity index (χ3v) is 6.28. The Balaban J connectivity index is 1.73. The predicted octanol–water partition coefficient (Wildman–Crippen LogP) is 5.05. The van der Waals surface area contributed by atoms with E-state index >= 15 is 0 Å². The van der Waals surface area contributed by atoms with E-state index in [-0.39, 0.29) is 12.5 Å². The largest absolute Gasteiger partial charge is 0.484 e. The van der Waals surface area contributed by atoms with Crippen molar-refractivity contribution in [3.63, 3.8) is 0 Å². The Morgan fingerprint density at radius 2 is 2.11 bits per heavy atom. The van der Waals surface area contributed by atoms with Crippen LogP contribution in [0.5, 0.6) is 5.75 Å². The van der Waals surface area contributed by atoms with Gasteiger partial charge in [-0.25, -0.2) is 0 Å². The third kappa shape index (κ3) is 4.55. The average molecular weight is 399 g/mol. The molecule has 0 spiro atoms. The first-order valence-corrected chi connectivity index (χ1v) is 10.3. The number of carbonyl (C=O) groups excluding carboxylic acids is 1. The van der Waals surface area contributed by atoms with Crippen molar-refractivity contribution in [3.05, 3.63) is 50.3 Å². The molecule has 0 radical (unpaired) electrons. The molecular weight excluding hydrogens is 376 g/mol. The molecule has 1 atom stereocenters. The Hall–Kier alpha value is -2.23. The number of carbonyl (C=O) groups is 1. The molecule has 1 amide bonds. The third-order valence-electron chi connectivity index (χ3n) is 4.84. The molecule has 140 valence electrons. The molecule has 6 heteroatoms. The van der Waals surface area contributed by atoms with E-state index in [0.29, 0.717) is 22.2 Å². The summed E-state index contributed by atoms with van der Waals surface area (Å²) in [5, 5.41) is 13.0. The van der Waals surface area contributed by atoms with Gasteiger partial charge in [-0.3, -0.25) is 4.79 Å². The van der Waals surface area contributed by atoms with E-state index in [1.807, 2.05) is 24.3 Å². The lowest BCUT2D eigenvalue weighted by Gasteiger charge is -2.23. The molecule has 0 fully saturated rings. The van der Waals surface area contributed by atoms with Gasteiger partial charge in [0.1, 0.15) is 16.8 Å². The smallest absolute Gasteiger partial charge is 0.262 e. The van der Waals surface area contributed by atoms with Crippen LogP contribution in [0, 0.1) is 21.1 Å². The fourth-order valence-electron chi connectivity index (χ4n) is 3.28. The van der Waals surface area contributed by atoms with Crippen molar-refractivity contribution < 1.29 is 9.53 Å². The summed E-state index contributed by atoms with van der Waals surface area (Å²) in [6.07, 6.45) is 3.74. The molecule has 0 aliphatic heterocycles. The van der Waals surface area contributed by atoms with Crippen molar-refractivity contribution >= 4 is 34.5 Å². The van der Waals surface area contributed by atoms with Gasteiger partial charge >= 0.3 is 0 Å². The molecule has 1 heterocycles. The summed E-state index contributed by atoms with van der Waals surface area (Å²) in [7, 11) is 0. The van der Waals surface area contributed by atoms with E-state index in [2.05, 4.69) is 25.2 Å². The number of ether oxygens (including phenoxy) is 1. The molecule has 0 saturated carbocycles. The number of amides is 1. The van der Waals surface area contributed by atoms with Gasteiger partial charge in [0.15, 0.2) is 6.61 Å². The Kier molecular flexibility index (Phi) is 6.25. The first-order valence-electron chi connectivity index (χ1n) is 9.12. The first kappa shape index (κ1) is 19.5. The number of nitrogens with zero attached hydrogens (tertiary/aromatic N) is 1. The molecular formula is C21H22N2O2S2. The normalized spacial score (nSPS) is 15.5. The van der Waals surface area contributed by atoms with Crippen LogP contribution in [0.1, 0.15) is 42.5 Å². The van der Waals surface area contributed by atoms with Crippen LogP contribution in [0.4, 0.5) is 5.00 Å². The Bertz CT molecular complexity index is 942. The summed E-state index contributed by atoms with van der Waals surface area (Å²) < 4.78 is 6.32. The summed E-state index contributed by atoms with van der Waals surface area (Å²) in [5.41, 5.74) is 3.88. The lowest BCUT2D eigenvalue weighted by Crippen LogP contribution is -2.21. The fourth-order valence-corrected chi connectivity index (χ4v) is 4.69. The van der Waals surface area contributed by atoms with Crippen molar-refractivity contribution in [2.24, 2.45) is 5.92 Å². The van der Waals surface area contributed by atoms with Gasteiger partial charge in [0.2, 0.25) is 0 Å². The number of nitriles is 1. The van der Waals surface area contributed by atoms with Crippen molar-refractivity contribution in [1.29, 1.82) is 5.26 Å². The zero-order valence-electron chi connectivity index (χ0n) is 15.5.